The molecule has 0 aromatic rings. The van der Waals surface area contributed by atoms with Crippen LogP contribution in [0.25, 0.3) is 0 Å². The van der Waals surface area contributed by atoms with Crippen LogP contribution in [0.3, 0.4) is 0 Å². The molecule has 0 heteroatoms. The minimum absolute atomic E-state index is 0.893. The third-order valence-electron chi connectivity index (χ3n) is 6.21. The average Bonchev–Trinajstić information content (AvgIpc) is 2.61. The molecule has 0 aliphatic heterocycles. The lowest BCUT2D eigenvalue weighted by molar-refractivity contribution is 0.428. The van der Waals surface area contributed by atoms with Crippen molar-refractivity contribution in [1.29, 1.82) is 0 Å². The number of hydrogen-bond acceptors (Lipinski definition) is 0. The van der Waals surface area contributed by atoms with E-state index in [2.05, 4.69) is 34.6 Å². The Bertz CT molecular complexity index is 265. The molecule has 0 bridgehead atoms. The maximum absolute atomic E-state index is 2.48. The van der Waals surface area contributed by atoms with Gasteiger partial charge in [0, 0.05) is 0 Å². The zero-order chi connectivity index (χ0) is 20.2. The first kappa shape index (κ1) is 27.0. The third-order valence-corrected chi connectivity index (χ3v) is 6.21. The third kappa shape index (κ3) is 24.0. The van der Waals surface area contributed by atoms with Crippen LogP contribution in [0.15, 0.2) is 0 Å². The van der Waals surface area contributed by atoms with Gasteiger partial charge in [-0.2, -0.15) is 0 Å². The smallest absolute Gasteiger partial charge is 0.0443 e. The summed E-state index contributed by atoms with van der Waals surface area (Å²) in [6, 6.07) is 0. The SMILES string of the molecule is CC(C)CCCCCCCCCCCCC(C)CCCCCCCC(C)C. The summed E-state index contributed by atoms with van der Waals surface area (Å²) >= 11 is 0. The van der Waals surface area contributed by atoms with Gasteiger partial charge in [-0.1, -0.05) is 157 Å². The van der Waals surface area contributed by atoms with E-state index in [1.165, 1.54) is 122 Å². The van der Waals surface area contributed by atoms with Crippen LogP contribution in [0, 0.1) is 17.8 Å². The molecule has 0 aromatic heterocycles. The molecule has 1 atom stereocenters. The summed E-state index contributed by atoms with van der Waals surface area (Å²) in [5.41, 5.74) is 0. The Labute approximate surface area is 174 Å². The molecule has 1 unspecified atom stereocenters. The van der Waals surface area contributed by atoms with Gasteiger partial charge < -0.3 is 0 Å². The lowest BCUT2D eigenvalue weighted by Gasteiger charge is -2.11. The van der Waals surface area contributed by atoms with Gasteiger partial charge in [0.15, 0.2) is 0 Å². The van der Waals surface area contributed by atoms with Gasteiger partial charge in [-0.3, -0.25) is 0 Å². The summed E-state index contributed by atoms with van der Waals surface area (Å²) < 4.78 is 0. The van der Waals surface area contributed by atoms with Crippen molar-refractivity contribution >= 4 is 0 Å². The monoisotopic (exact) mass is 380 g/mol. The molecule has 0 fully saturated rings. The fraction of sp³-hybridized carbons (Fsp3) is 1.00. The van der Waals surface area contributed by atoms with Crippen LogP contribution >= 0.6 is 0 Å². The van der Waals surface area contributed by atoms with Crippen molar-refractivity contribution in [2.24, 2.45) is 17.8 Å². The highest BCUT2D eigenvalue weighted by atomic mass is 14.1. The molecule has 0 saturated heterocycles. The van der Waals surface area contributed by atoms with Crippen LogP contribution < -0.4 is 0 Å². The van der Waals surface area contributed by atoms with E-state index < -0.39 is 0 Å². The van der Waals surface area contributed by atoms with Gasteiger partial charge in [0.25, 0.3) is 0 Å². The zero-order valence-electron chi connectivity index (χ0n) is 20.2. The van der Waals surface area contributed by atoms with Crippen LogP contribution in [0.1, 0.15) is 157 Å². The molecule has 0 rings (SSSR count). The first-order valence-electron chi connectivity index (χ1n) is 13.0. The summed E-state index contributed by atoms with van der Waals surface area (Å²) in [7, 11) is 0. The maximum Gasteiger partial charge on any atom is -0.0443 e. The van der Waals surface area contributed by atoms with E-state index in [4.69, 9.17) is 0 Å². The molecule has 0 heterocycles. The largest absolute Gasteiger partial charge is 0.0628 e. The maximum atomic E-state index is 2.48. The quantitative estimate of drug-likeness (QED) is 0.174. The summed E-state index contributed by atoms with van der Waals surface area (Å²) in [5, 5.41) is 0. The minimum atomic E-state index is 0.893. The van der Waals surface area contributed by atoms with Crippen molar-refractivity contribution in [3.05, 3.63) is 0 Å². The lowest BCUT2D eigenvalue weighted by Crippen LogP contribution is -1.95. The van der Waals surface area contributed by atoms with Gasteiger partial charge >= 0.3 is 0 Å². The molecule has 164 valence electrons. The summed E-state index contributed by atoms with van der Waals surface area (Å²) in [6.45, 7) is 11.9. The van der Waals surface area contributed by atoms with E-state index in [1.54, 1.807) is 0 Å². The van der Waals surface area contributed by atoms with Crippen LogP contribution in [0.5, 0.6) is 0 Å². The van der Waals surface area contributed by atoms with Crippen molar-refractivity contribution in [2.75, 3.05) is 0 Å². The van der Waals surface area contributed by atoms with E-state index in [-0.39, 0.29) is 0 Å². The van der Waals surface area contributed by atoms with E-state index in [9.17, 15) is 0 Å². The van der Waals surface area contributed by atoms with Gasteiger partial charge in [0.1, 0.15) is 0 Å². The standard InChI is InChI=1S/C27H56/c1-25(2)21-17-13-10-8-6-7-9-11-15-19-23-27(5)24-20-16-12-14-18-22-26(3)4/h25-27H,6-24H2,1-5H3. The fourth-order valence-corrected chi connectivity index (χ4v) is 4.18. The Morgan fingerprint density at radius 2 is 0.519 bits per heavy atom. The van der Waals surface area contributed by atoms with Gasteiger partial charge in [0.2, 0.25) is 0 Å². The van der Waals surface area contributed by atoms with E-state index in [0.717, 1.165) is 17.8 Å². The second-order valence-corrected chi connectivity index (χ2v) is 10.4. The Morgan fingerprint density at radius 3 is 0.778 bits per heavy atom. The molecule has 0 aromatic carbocycles. The molecular formula is C27H56. The van der Waals surface area contributed by atoms with Gasteiger partial charge in [-0.25, -0.2) is 0 Å². The normalized spacial score (nSPS) is 13.0. The molecule has 0 N–H and O–H groups in total. The topological polar surface area (TPSA) is 0 Å². The van der Waals surface area contributed by atoms with Crippen LogP contribution in [-0.4, -0.2) is 0 Å². The Hall–Kier alpha value is 0. The van der Waals surface area contributed by atoms with Gasteiger partial charge in [0.05, 0.1) is 0 Å². The van der Waals surface area contributed by atoms with Crippen molar-refractivity contribution in [1.82, 2.24) is 0 Å². The Kier molecular flexibility index (Phi) is 20.7. The van der Waals surface area contributed by atoms with Crippen LogP contribution in [-0.2, 0) is 0 Å². The Morgan fingerprint density at radius 1 is 0.296 bits per heavy atom. The zero-order valence-corrected chi connectivity index (χ0v) is 20.2. The predicted molar refractivity (Wildman–Crippen MR) is 127 cm³/mol. The second kappa shape index (κ2) is 20.7. The molecule has 0 aliphatic carbocycles. The fourth-order valence-electron chi connectivity index (χ4n) is 4.18. The number of unbranched alkanes of at least 4 members (excludes halogenated alkanes) is 13. The summed E-state index contributed by atoms with van der Waals surface area (Å²) in [4.78, 5) is 0. The number of hydrogen-bond donors (Lipinski definition) is 0. The molecule has 0 nitrogen and oxygen atoms in total. The first-order chi connectivity index (χ1) is 13.0. The Balaban J connectivity index is 3.15. The highest BCUT2D eigenvalue weighted by Crippen LogP contribution is 2.19. The first-order valence-corrected chi connectivity index (χ1v) is 13.0. The summed E-state index contributed by atoms with van der Waals surface area (Å²) in [6.07, 6.45) is 27.9. The van der Waals surface area contributed by atoms with Crippen LogP contribution in [0.4, 0.5) is 0 Å². The van der Waals surface area contributed by atoms with Crippen LogP contribution in [0.2, 0.25) is 0 Å². The number of rotatable bonds is 21. The van der Waals surface area contributed by atoms with E-state index in [1.807, 2.05) is 0 Å². The molecule has 0 aliphatic rings. The lowest BCUT2D eigenvalue weighted by atomic mass is 9.95. The van der Waals surface area contributed by atoms with E-state index in [0.29, 0.717) is 0 Å². The van der Waals surface area contributed by atoms with E-state index >= 15 is 0 Å². The highest BCUT2D eigenvalue weighted by molar-refractivity contribution is 4.56. The molecule has 0 spiro atoms. The molecule has 27 heavy (non-hydrogen) atoms. The van der Waals surface area contributed by atoms with Crippen molar-refractivity contribution in [2.45, 2.75) is 157 Å². The molecular weight excluding hydrogens is 324 g/mol. The molecule has 0 saturated carbocycles. The summed E-state index contributed by atoms with van der Waals surface area (Å²) in [5.74, 6) is 2.75. The minimum Gasteiger partial charge on any atom is -0.0628 e. The van der Waals surface area contributed by atoms with Gasteiger partial charge in [-0.05, 0) is 17.8 Å². The second-order valence-electron chi connectivity index (χ2n) is 10.4. The predicted octanol–water partition coefficient (Wildman–Crippen LogP) is 10.3. The molecule has 0 amide bonds. The van der Waals surface area contributed by atoms with Gasteiger partial charge in [-0.15, -0.1) is 0 Å². The van der Waals surface area contributed by atoms with Crippen molar-refractivity contribution in [3.8, 4) is 0 Å². The van der Waals surface area contributed by atoms with Crippen molar-refractivity contribution < 1.29 is 0 Å². The average molecular weight is 381 g/mol. The van der Waals surface area contributed by atoms with Crippen molar-refractivity contribution in [3.63, 3.8) is 0 Å². The molecule has 0 radical (unpaired) electrons. The highest BCUT2D eigenvalue weighted by Gasteiger charge is 2.02.